The molecule has 0 amide bonds. The fraction of sp³-hybridized carbons (Fsp3) is 0.591. The van der Waals surface area contributed by atoms with Crippen LogP contribution in [0.4, 0.5) is 0 Å². The minimum absolute atomic E-state index is 0.744. The van der Waals surface area contributed by atoms with Gasteiger partial charge in [-0.3, -0.25) is 0 Å². The van der Waals surface area contributed by atoms with Gasteiger partial charge in [-0.1, -0.05) is 69.7 Å². The number of nitriles is 1. The van der Waals surface area contributed by atoms with Crippen molar-refractivity contribution in [2.75, 3.05) is 0 Å². The summed E-state index contributed by atoms with van der Waals surface area (Å²) in [4.78, 5) is 0. The Morgan fingerprint density at radius 3 is 2.35 bits per heavy atom. The molecule has 0 aromatic heterocycles. The second-order valence-electron chi connectivity index (χ2n) is 7.10. The van der Waals surface area contributed by atoms with Gasteiger partial charge in [0, 0.05) is 0 Å². The van der Waals surface area contributed by atoms with Crippen molar-refractivity contribution in [3.63, 3.8) is 0 Å². The van der Waals surface area contributed by atoms with Crippen LogP contribution in [0.2, 0.25) is 0 Å². The van der Waals surface area contributed by atoms with Gasteiger partial charge < -0.3 is 0 Å². The van der Waals surface area contributed by atoms with E-state index in [1.165, 1.54) is 63.4 Å². The van der Waals surface area contributed by atoms with Crippen LogP contribution < -0.4 is 0 Å². The average Bonchev–Trinajstić information content (AvgIpc) is 2.61. The molecule has 124 valence electrons. The van der Waals surface area contributed by atoms with E-state index >= 15 is 0 Å². The first-order valence-corrected chi connectivity index (χ1v) is 9.45. The summed E-state index contributed by atoms with van der Waals surface area (Å²) in [6.07, 6.45) is 18.3. The topological polar surface area (TPSA) is 23.8 Å². The highest BCUT2D eigenvalue weighted by molar-refractivity contribution is 5.32. The number of nitrogens with zero attached hydrogens (tertiary/aromatic N) is 1. The fourth-order valence-corrected chi connectivity index (χ4v) is 3.66. The summed E-state index contributed by atoms with van der Waals surface area (Å²) in [6.45, 7) is 2.29. The van der Waals surface area contributed by atoms with Gasteiger partial charge >= 0.3 is 0 Å². The second kappa shape index (κ2) is 10.3. The minimum atomic E-state index is 0.744. The number of unbranched alkanes of at least 4 members (excludes halogenated alkanes) is 2. The van der Waals surface area contributed by atoms with Crippen LogP contribution in [0.5, 0.6) is 0 Å². The van der Waals surface area contributed by atoms with Crippen LogP contribution in [0.1, 0.15) is 75.8 Å². The van der Waals surface area contributed by atoms with Gasteiger partial charge in [-0.25, -0.2) is 0 Å². The molecule has 0 unspecified atom stereocenters. The zero-order chi connectivity index (χ0) is 16.3. The third-order valence-electron chi connectivity index (χ3n) is 5.25. The Kier molecular flexibility index (Phi) is 7.95. The zero-order valence-electron chi connectivity index (χ0n) is 14.6. The van der Waals surface area contributed by atoms with E-state index < -0.39 is 0 Å². The molecule has 0 bridgehead atoms. The molecule has 0 N–H and O–H groups in total. The summed E-state index contributed by atoms with van der Waals surface area (Å²) in [5, 5.41) is 8.80. The van der Waals surface area contributed by atoms with Crippen LogP contribution in [-0.4, -0.2) is 0 Å². The molecule has 1 aromatic carbocycles. The fourth-order valence-electron chi connectivity index (χ4n) is 3.66. The first-order chi connectivity index (χ1) is 11.3. The first kappa shape index (κ1) is 17.8. The summed E-state index contributed by atoms with van der Waals surface area (Å²) in [5.41, 5.74) is 2.04. The van der Waals surface area contributed by atoms with Crippen LogP contribution >= 0.6 is 0 Å². The van der Waals surface area contributed by atoms with Gasteiger partial charge in [-0.05, 0) is 55.2 Å². The predicted octanol–water partition coefficient (Wildman–Crippen LogP) is 6.43. The second-order valence-corrected chi connectivity index (χ2v) is 7.10. The summed E-state index contributed by atoms with van der Waals surface area (Å²) in [7, 11) is 0. The largest absolute Gasteiger partial charge is 0.192 e. The molecular weight excluding hydrogens is 278 g/mol. The van der Waals surface area contributed by atoms with Gasteiger partial charge in [0.25, 0.3) is 0 Å². The lowest BCUT2D eigenvalue weighted by Crippen LogP contribution is -2.14. The van der Waals surface area contributed by atoms with Gasteiger partial charge in [-0.2, -0.15) is 5.26 Å². The number of rotatable bonds is 8. The molecule has 1 nitrogen and oxygen atoms in total. The SMILES string of the molecule is CCCCCC1CCC(C/C=C\Cc2ccc(C#N)cc2)CC1. The molecule has 1 saturated carbocycles. The lowest BCUT2D eigenvalue weighted by Gasteiger charge is -2.27. The number of hydrogen-bond donors (Lipinski definition) is 0. The van der Waals surface area contributed by atoms with Crippen LogP contribution in [0.15, 0.2) is 36.4 Å². The van der Waals surface area contributed by atoms with Crippen molar-refractivity contribution < 1.29 is 0 Å². The van der Waals surface area contributed by atoms with Gasteiger partial charge in [0.2, 0.25) is 0 Å². The highest BCUT2D eigenvalue weighted by Gasteiger charge is 2.19. The molecule has 23 heavy (non-hydrogen) atoms. The van der Waals surface area contributed by atoms with Crippen molar-refractivity contribution in [2.24, 2.45) is 11.8 Å². The van der Waals surface area contributed by atoms with Crippen LogP contribution in [0.3, 0.4) is 0 Å². The molecule has 2 rings (SSSR count). The monoisotopic (exact) mass is 309 g/mol. The number of benzene rings is 1. The third kappa shape index (κ3) is 6.61. The maximum atomic E-state index is 8.80. The Morgan fingerprint density at radius 1 is 1.00 bits per heavy atom. The molecular formula is C22H31N. The Morgan fingerprint density at radius 2 is 1.70 bits per heavy atom. The average molecular weight is 309 g/mol. The minimum Gasteiger partial charge on any atom is -0.192 e. The molecule has 1 aromatic rings. The van der Waals surface area contributed by atoms with Crippen molar-refractivity contribution in [3.05, 3.63) is 47.5 Å². The van der Waals surface area contributed by atoms with Crippen LogP contribution in [0.25, 0.3) is 0 Å². The molecule has 1 heteroatoms. The molecule has 1 aliphatic carbocycles. The van der Waals surface area contributed by atoms with E-state index in [2.05, 4.69) is 37.3 Å². The van der Waals surface area contributed by atoms with E-state index in [0.717, 1.165) is 23.8 Å². The number of allylic oxidation sites excluding steroid dienone is 2. The molecule has 1 fully saturated rings. The Hall–Kier alpha value is -1.55. The van der Waals surface area contributed by atoms with Gasteiger partial charge in [-0.15, -0.1) is 0 Å². The van der Waals surface area contributed by atoms with Crippen LogP contribution in [-0.2, 0) is 6.42 Å². The Bertz CT molecular complexity index is 498. The first-order valence-electron chi connectivity index (χ1n) is 9.45. The zero-order valence-corrected chi connectivity index (χ0v) is 14.6. The highest BCUT2D eigenvalue weighted by atomic mass is 14.3. The van der Waals surface area contributed by atoms with E-state index in [-0.39, 0.29) is 0 Å². The molecule has 1 aliphatic rings. The van der Waals surface area contributed by atoms with E-state index in [9.17, 15) is 0 Å². The van der Waals surface area contributed by atoms with Gasteiger partial charge in [0.05, 0.1) is 11.6 Å². The molecule has 0 atom stereocenters. The summed E-state index contributed by atoms with van der Waals surface area (Å²) in [5.74, 6) is 1.93. The van der Waals surface area contributed by atoms with E-state index in [0.29, 0.717) is 0 Å². The van der Waals surface area contributed by atoms with Gasteiger partial charge in [0.1, 0.15) is 0 Å². The smallest absolute Gasteiger partial charge is 0.0991 e. The molecule has 0 spiro atoms. The van der Waals surface area contributed by atoms with Crippen molar-refractivity contribution in [1.82, 2.24) is 0 Å². The normalized spacial score (nSPS) is 21.4. The Balaban J connectivity index is 1.62. The van der Waals surface area contributed by atoms with E-state index in [4.69, 9.17) is 5.26 Å². The Labute approximate surface area is 142 Å². The standard InChI is InChI=1S/C22H31N/c1-2-3-4-7-19-10-12-20(13-11-19)8-5-6-9-21-14-16-22(18-23)17-15-21/h5-6,14-17,19-20H,2-4,7-13H2,1H3/b6-5-. The van der Waals surface area contributed by atoms with Crippen molar-refractivity contribution >= 4 is 0 Å². The lowest BCUT2D eigenvalue weighted by molar-refractivity contribution is 0.260. The number of hydrogen-bond acceptors (Lipinski definition) is 1. The highest BCUT2D eigenvalue weighted by Crippen LogP contribution is 2.33. The van der Waals surface area contributed by atoms with Crippen molar-refractivity contribution in [2.45, 2.75) is 71.1 Å². The maximum absolute atomic E-state index is 8.80. The third-order valence-corrected chi connectivity index (χ3v) is 5.25. The molecule has 0 radical (unpaired) electrons. The maximum Gasteiger partial charge on any atom is 0.0991 e. The van der Waals surface area contributed by atoms with E-state index in [1.807, 2.05) is 12.1 Å². The van der Waals surface area contributed by atoms with Crippen molar-refractivity contribution in [3.8, 4) is 6.07 Å². The molecule has 0 heterocycles. The van der Waals surface area contributed by atoms with Gasteiger partial charge in [0.15, 0.2) is 0 Å². The molecule has 0 aliphatic heterocycles. The summed E-state index contributed by atoms with van der Waals surface area (Å²) < 4.78 is 0. The van der Waals surface area contributed by atoms with E-state index in [1.54, 1.807) is 0 Å². The quantitative estimate of drug-likeness (QED) is 0.401. The predicted molar refractivity (Wildman–Crippen MR) is 98.2 cm³/mol. The van der Waals surface area contributed by atoms with Crippen LogP contribution in [0, 0.1) is 23.2 Å². The summed E-state index contributed by atoms with van der Waals surface area (Å²) in [6, 6.07) is 10.1. The van der Waals surface area contributed by atoms with Crippen molar-refractivity contribution in [1.29, 1.82) is 5.26 Å². The lowest BCUT2D eigenvalue weighted by atomic mass is 9.78. The molecule has 0 saturated heterocycles. The summed E-state index contributed by atoms with van der Waals surface area (Å²) >= 11 is 0.